The summed E-state index contributed by atoms with van der Waals surface area (Å²) in [5.41, 5.74) is 0. The summed E-state index contributed by atoms with van der Waals surface area (Å²) in [6.45, 7) is 4.49. The summed E-state index contributed by atoms with van der Waals surface area (Å²) in [7, 11) is -10.0. The van der Waals surface area contributed by atoms with Gasteiger partial charge in [-0.2, -0.15) is 0 Å². The zero-order valence-electron chi connectivity index (χ0n) is 67.5. The van der Waals surface area contributed by atoms with Gasteiger partial charge in [0, 0.05) is 25.7 Å². The highest BCUT2D eigenvalue weighted by molar-refractivity contribution is 7.47. The maximum absolute atomic E-state index is 13.1. The minimum absolute atomic E-state index is 0.0297. The number of phosphoric acid groups is 2. The molecule has 5 atom stereocenters. The molecular weight excluding hydrogens is 1400 g/mol. The molecule has 0 heterocycles. The Morgan fingerprint density at radius 1 is 0.269 bits per heavy atom. The summed E-state index contributed by atoms with van der Waals surface area (Å²) in [5.74, 6) is -2.38. The fourth-order valence-electron chi connectivity index (χ4n) is 10.7. The van der Waals surface area contributed by atoms with Crippen molar-refractivity contribution in [2.24, 2.45) is 0 Å². The van der Waals surface area contributed by atoms with Crippen LogP contribution in [0.15, 0.2) is 158 Å². The van der Waals surface area contributed by atoms with E-state index in [0.29, 0.717) is 38.5 Å². The number of phosphoric ester groups is 2. The van der Waals surface area contributed by atoms with Gasteiger partial charge in [0.1, 0.15) is 19.3 Å². The molecule has 19 heteroatoms. The number of aliphatic hydroxyl groups excluding tert-OH is 1. The molecule has 616 valence electrons. The van der Waals surface area contributed by atoms with Crippen LogP contribution in [0.25, 0.3) is 0 Å². The van der Waals surface area contributed by atoms with Crippen molar-refractivity contribution in [1.29, 1.82) is 0 Å². The Bertz CT molecular complexity index is 2660. The highest BCUT2D eigenvalue weighted by Crippen LogP contribution is 2.45. The molecule has 0 bridgehead atoms. The molecule has 0 aromatic heterocycles. The van der Waals surface area contributed by atoms with Crippen LogP contribution in [0.1, 0.15) is 323 Å². The van der Waals surface area contributed by atoms with Crippen molar-refractivity contribution >= 4 is 39.5 Å². The molecule has 108 heavy (non-hydrogen) atoms. The van der Waals surface area contributed by atoms with E-state index in [2.05, 4.69) is 149 Å². The van der Waals surface area contributed by atoms with Crippen LogP contribution in [0.4, 0.5) is 0 Å². The zero-order valence-corrected chi connectivity index (χ0v) is 69.3. The Morgan fingerprint density at radius 3 is 0.778 bits per heavy atom. The van der Waals surface area contributed by atoms with Gasteiger partial charge in [-0.25, -0.2) is 9.13 Å². The van der Waals surface area contributed by atoms with E-state index in [9.17, 15) is 43.2 Å². The molecule has 0 aromatic carbocycles. The van der Waals surface area contributed by atoms with Crippen molar-refractivity contribution < 1.29 is 80.2 Å². The summed E-state index contributed by atoms with van der Waals surface area (Å²) in [6.07, 6.45) is 93.9. The van der Waals surface area contributed by atoms with E-state index < -0.39 is 97.5 Å². The molecule has 0 fully saturated rings. The van der Waals surface area contributed by atoms with Crippen LogP contribution in [-0.4, -0.2) is 96.7 Å². The highest BCUT2D eigenvalue weighted by Gasteiger charge is 2.30. The van der Waals surface area contributed by atoms with Crippen LogP contribution < -0.4 is 0 Å². The molecule has 0 radical (unpaired) electrons. The van der Waals surface area contributed by atoms with E-state index in [-0.39, 0.29) is 25.7 Å². The van der Waals surface area contributed by atoms with Gasteiger partial charge in [0.05, 0.1) is 26.4 Å². The van der Waals surface area contributed by atoms with Gasteiger partial charge in [0.25, 0.3) is 0 Å². The molecule has 0 rings (SSSR count). The number of carbonyl (C=O) groups excluding carboxylic acids is 4. The second-order valence-corrected chi connectivity index (χ2v) is 30.2. The van der Waals surface area contributed by atoms with E-state index in [4.69, 9.17) is 37.0 Å². The number of carbonyl (C=O) groups is 4. The fraction of sp³-hybridized carbons (Fsp3) is 0.663. The molecule has 0 saturated carbocycles. The normalized spacial score (nSPS) is 14.6. The number of unbranched alkanes of at least 4 members (excludes halogenated alkanes) is 25. The monoisotopic (exact) mass is 1550 g/mol. The summed E-state index contributed by atoms with van der Waals surface area (Å²) in [6, 6.07) is 0. The van der Waals surface area contributed by atoms with Crippen molar-refractivity contribution in [1.82, 2.24) is 0 Å². The van der Waals surface area contributed by atoms with Gasteiger partial charge in [0.2, 0.25) is 0 Å². The third kappa shape index (κ3) is 78.8. The van der Waals surface area contributed by atoms with E-state index in [1.54, 1.807) is 0 Å². The van der Waals surface area contributed by atoms with Crippen LogP contribution in [0.5, 0.6) is 0 Å². The predicted octanol–water partition coefficient (Wildman–Crippen LogP) is 24.8. The average Bonchev–Trinajstić information content (AvgIpc) is 0.923. The highest BCUT2D eigenvalue weighted by atomic mass is 31.2. The van der Waals surface area contributed by atoms with E-state index >= 15 is 0 Å². The first-order chi connectivity index (χ1) is 52.7. The summed E-state index contributed by atoms with van der Waals surface area (Å²) < 4.78 is 68.6. The molecular formula is C89H148O17P2. The first kappa shape index (κ1) is 103. The van der Waals surface area contributed by atoms with Gasteiger partial charge < -0.3 is 33.8 Å². The SMILES string of the molecule is CC/C=C\C/C=C\C/C=C\C/C=C\C/C=C\C/C=C\CCC(=O)OCC(COP(=O)(O)OCC(O)COP(=O)(O)OCC(COC(=O)CC/C=C\C/C=C\C/C=C\C/C=C\C/C=C\C/C=C\CC)OC(=O)CCCCCCCCCCCCCCCCC)OC(=O)CCCCCCC/C=C\CCCCCCCC. The molecule has 0 aromatic rings. The molecule has 0 aliphatic rings. The lowest BCUT2D eigenvalue weighted by atomic mass is 10.0. The lowest BCUT2D eigenvalue weighted by Crippen LogP contribution is -2.30. The Labute approximate surface area is 655 Å². The van der Waals surface area contributed by atoms with Crippen LogP contribution in [0.2, 0.25) is 0 Å². The standard InChI is InChI=1S/C89H148O17P2/c1-5-9-13-17-21-25-29-33-37-39-41-43-47-49-53-57-61-65-69-73-86(91)99-79-84(105-88(93)75-71-67-63-59-55-51-45-35-31-27-23-19-15-11-7-3)81-103-107(95,96)101-77-83(90)78-102-108(97,98)104-82-85(106-89(94)76-72-68-64-60-56-52-46-36-32-28-24-20-16-12-8-4)80-100-87(92)74-70-66-62-58-54-50-48-44-42-40-38-34-30-26-22-18-14-10-6-2/h9-10,13-14,21-22,25-26,33-35,37-38,41-45,49-50,53-54,61-62,65-66,83-85,90H,5-8,11-12,15-20,23-24,27-32,36,39-40,46-48,51-52,55-60,63-64,67-82H2,1-4H3,(H,95,96)(H,97,98)/b13-9-,14-10-,25-21-,26-22-,37-33-,38-34-,43-41-,44-42-,45-35-,53-49-,54-50-,65-61-,66-62-. The van der Waals surface area contributed by atoms with Crippen molar-refractivity contribution in [3.8, 4) is 0 Å². The second-order valence-electron chi connectivity index (χ2n) is 27.3. The van der Waals surface area contributed by atoms with Crippen LogP contribution in [-0.2, 0) is 65.4 Å². The second kappa shape index (κ2) is 79.8. The van der Waals surface area contributed by atoms with Crippen molar-refractivity contribution in [2.45, 2.75) is 341 Å². The van der Waals surface area contributed by atoms with Crippen LogP contribution in [0, 0.1) is 0 Å². The number of allylic oxidation sites excluding steroid dienone is 26. The third-order valence-corrected chi connectivity index (χ3v) is 18.9. The molecule has 0 aliphatic carbocycles. The summed E-state index contributed by atoms with van der Waals surface area (Å²) in [5, 5.41) is 10.7. The van der Waals surface area contributed by atoms with E-state index in [0.717, 1.165) is 128 Å². The molecule has 0 amide bonds. The zero-order chi connectivity index (χ0) is 78.9. The number of aliphatic hydroxyl groups is 1. The van der Waals surface area contributed by atoms with Crippen LogP contribution >= 0.6 is 15.6 Å². The number of esters is 4. The van der Waals surface area contributed by atoms with Gasteiger partial charge in [-0.15, -0.1) is 0 Å². The summed E-state index contributed by atoms with van der Waals surface area (Å²) in [4.78, 5) is 73.1. The minimum atomic E-state index is -5.01. The largest absolute Gasteiger partial charge is 0.472 e. The van der Waals surface area contributed by atoms with Crippen LogP contribution in [0.3, 0.4) is 0 Å². The smallest absolute Gasteiger partial charge is 0.462 e. The van der Waals surface area contributed by atoms with Crippen molar-refractivity contribution in [2.75, 3.05) is 39.6 Å². The number of ether oxygens (including phenoxy) is 4. The molecule has 5 unspecified atom stereocenters. The van der Waals surface area contributed by atoms with Gasteiger partial charge in [-0.05, 0) is 128 Å². The maximum Gasteiger partial charge on any atom is 0.472 e. The van der Waals surface area contributed by atoms with E-state index in [1.165, 1.54) is 103 Å². The average molecular weight is 1550 g/mol. The number of hydrogen-bond donors (Lipinski definition) is 3. The molecule has 17 nitrogen and oxygen atoms in total. The molecule has 0 spiro atoms. The van der Waals surface area contributed by atoms with Gasteiger partial charge in [-0.3, -0.25) is 37.3 Å². The topological polar surface area (TPSA) is 237 Å². The third-order valence-electron chi connectivity index (χ3n) is 17.0. The lowest BCUT2D eigenvalue weighted by molar-refractivity contribution is -0.161. The van der Waals surface area contributed by atoms with Gasteiger partial charge in [-0.1, -0.05) is 327 Å². The first-order valence-corrected chi connectivity index (χ1v) is 44.7. The van der Waals surface area contributed by atoms with Crippen molar-refractivity contribution in [3.63, 3.8) is 0 Å². The minimum Gasteiger partial charge on any atom is -0.462 e. The number of hydrogen-bond acceptors (Lipinski definition) is 15. The van der Waals surface area contributed by atoms with E-state index in [1.807, 2.05) is 36.5 Å². The molecule has 0 aliphatic heterocycles. The Balaban J connectivity index is 5.49. The lowest BCUT2D eigenvalue weighted by Gasteiger charge is -2.21. The molecule has 3 N–H and O–H groups in total. The number of rotatable bonds is 77. The summed E-state index contributed by atoms with van der Waals surface area (Å²) >= 11 is 0. The van der Waals surface area contributed by atoms with Gasteiger partial charge >= 0.3 is 39.5 Å². The molecule has 0 saturated heterocycles. The first-order valence-electron chi connectivity index (χ1n) is 41.7. The predicted molar refractivity (Wildman–Crippen MR) is 445 cm³/mol. The Hall–Kier alpha value is -5.32. The Morgan fingerprint density at radius 2 is 0.500 bits per heavy atom. The van der Waals surface area contributed by atoms with Gasteiger partial charge in [0.15, 0.2) is 12.2 Å². The quantitative estimate of drug-likeness (QED) is 0.0169. The van der Waals surface area contributed by atoms with Crippen molar-refractivity contribution in [3.05, 3.63) is 158 Å². The Kier molecular flexibility index (Phi) is 75.8. The fourth-order valence-corrected chi connectivity index (χ4v) is 12.3. The maximum atomic E-state index is 13.1.